The molecule has 0 radical (unpaired) electrons. The SMILES string of the molecule is COC(C)CCCC1(c2ccc(Cl)c(F)c2)CC[SiH](F)CC1. The summed E-state index contributed by atoms with van der Waals surface area (Å²) in [5, 5.41) is 0.153. The van der Waals surface area contributed by atoms with Crippen LogP contribution in [0.4, 0.5) is 8.50 Å². The predicted molar refractivity (Wildman–Crippen MR) is 90.5 cm³/mol. The van der Waals surface area contributed by atoms with Gasteiger partial charge in [-0.3, -0.25) is 0 Å². The maximum Gasteiger partial charge on any atom is 0.232 e. The van der Waals surface area contributed by atoms with E-state index in [1.54, 1.807) is 19.2 Å². The second kappa shape index (κ2) is 7.89. The predicted octanol–water partition coefficient (Wildman–Crippen LogP) is 5.41. The van der Waals surface area contributed by atoms with Gasteiger partial charge in [0.1, 0.15) is 5.82 Å². The summed E-state index contributed by atoms with van der Waals surface area (Å²) in [6.45, 7) is 2.06. The third-order valence-corrected chi connectivity index (χ3v) is 7.21. The van der Waals surface area contributed by atoms with E-state index in [1.165, 1.54) is 0 Å². The molecule has 5 heteroatoms. The zero-order valence-corrected chi connectivity index (χ0v) is 15.3. The molecule has 0 saturated carbocycles. The van der Waals surface area contributed by atoms with Crippen LogP contribution in [-0.4, -0.2) is 22.3 Å². The molecule has 1 unspecified atom stereocenters. The molecule has 1 atom stereocenters. The molecule has 22 heavy (non-hydrogen) atoms. The monoisotopic (exact) mass is 346 g/mol. The number of hydrogen-bond acceptors (Lipinski definition) is 1. The van der Waals surface area contributed by atoms with Gasteiger partial charge in [0.15, 0.2) is 0 Å². The minimum atomic E-state index is -2.03. The van der Waals surface area contributed by atoms with E-state index in [-0.39, 0.29) is 22.4 Å². The van der Waals surface area contributed by atoms with Crippen LogP contribution in [0.1, 0.15) is 44.6 Å². The maximum absolute atomic E-state index is 13.9. The van der Waals surface area contributed by atoms with Gasteiger partial charge < -0.3 is 8.84 Å². The lowest BCUT2D eigenvalue weighted by atomic mass is 9.71. The van der Waals surface area contributed by atoms with Gasteiger partial charge in [0.25, 0.3) is 0 Å². The Labute approximate surface area is 138 Å². The minimum Gasteiger partial charge on any atom is -0.382 e. The smallest absolute Gasteiger partial charge is 0.232 e. The first kappa shape index (κ1) is 17.9. The van der Waals surface area contributed by atoms with Crippen molar-refractivity contribution in [1.29, 1.82) is 0 Å². The molecule has 0 amide bonds. The topological polar surface area (TPSA) is 9.23 Å². The Balaban J connectivity index is 2.16. The average molecular weight is 347 g/mol. The number of hydrogen-bond donors (Lipinski definition) is 0. The number of ether oxygens (including phenoxy) is 1. The molecule has 1 aromatic rings. The molecule has 1 aliphatic rings. The Morgan fingerprint density at radius 2 is 2.05 bits per heavy atom. The van der Waals surface area contributed by atoms with Gasteiger partial charge in [0.2, 0.25) is 9.13 Å². The molecule has 2 rings (SSSR count). The molecule has 124 valence electrons. The first-order chi connectivity index (χ1) is 10.5. The van der Waals surface area contributed by atoms with Crippen LogP contribution in [0.3, 0.4) is 0 Å². The zero-order valence-electron chi connectivity index (χ0n) is 13.4. The molecule has 0 spiro atoms. The molecule has 0 bridgehead atoms. The average Bonchev–Trinajstić information content (AvgIpc) is 2.52. The number of methoxy groups -OCH3 is 1. The highest BCUT2D eigenvalue weighted by Crippen LogP contribution is 2.44. The lowest BCUT2D eigenvalue weighted by molar-refractivity contribution is 0.106. The Hall–Kier alpha value is -0.453. The first-order valence-electron chi connectivity index (χ1n) is 8.09. The van der Waals surface area contributed by atoms with Crippen molar-refractivity contribution in [2.24, 2.45) is 0 Å². The van der Waals surface area contributed by atoms with E-state index in [0.717, 1.165) is 37.7 Å². The van der Waals surface area contributed by atoms with Crippen LogP contribution in [0.2, 0.25) is 17.1 Å². The number of halogens is 3. The van der Waals surface area contributed by atoms with Crippen molar-refractivity contribution < 1.29 is 13.2 Å². The minimum absolute atomic E-state index is 0.0888. The van der Waals surface area contributed by atoms with E-state index in [1.807, 2.05) is 6.07 Å². The summed E-state index contributed by atoms with van der Waals surface area (Å²) in [6, 6.07) is 6.51. The second-order valence-corrected chi connectivity index (χ2v) is 9.28. The molecular weight excluding hydrogens is 322 g/mol. The summed E-state index contributed by atoms with van der Waals surface area (Å²) < 4.78 is 32.9. The van der Waals surface area contributed by atoms with Crippen LogP contribution >= 0.6 is 11.6 Å². The van der Waals surface area contributed by atoms with E-state index in [0.29, 0.717) is 12.1 Å². The highest BCUT2D eigenvalue weighted by molar-refractivity contribution is 6.51. The van der Waals surface area contributed by atoms with Crippen molar-refractivity contribution >= 4 is 20.7 Å². The first-order valence-corrected chi connectivity index (χ1v) is 10.5. The fraction of sp³-hybridized carbons (Fsp3) is 0.647. The Morgan fingerprint density at radius 1 is 1.36 bits per heavy atom. The fourth-order valence-corrected chi connectivity index (χ4v) is 5.63. The summed E-state index contributed by atoms with van der Waals surface area (Å²) in [4.78, 5) is 0. The van der Waals surface area contributed by atoms with E-state index in [9.17, 15) is 8.50 Å². The third kappa shape index (κ3) is 4.30. The highest BCUT2D eigenvalue weighted by Gasteiger charge is 2.37. The van der Waals surface area contributed by atoms with Crippen molar-refractivity contribution in [2.75, 3.05) is 7.11 Å². The van der Waals surface area contributed by atoms with Crippen LogP contribution < -0.4 is 0 Å². The van der Waals surface area contributed by atoms with Crippen molar-refractivity contribution in [3.63, 3.8) is 0 Å². The third-order valence-electron chi connectivity index (χ3n) is 5.07. The Kier molecular flexibility index (Phi) is 6.42. The van der Waals surface area contributed by atoms with E-state index < -0.39 is 9.13 Å². The van der Waals surface area contributed by atoms with E-state index >= 15 is 0 Å². The summed E-state index contributed by atoms with van der Waals surface area (Å²) >= 11 is 5.81. The summed E-state index contributed by atoms with van der Waals surface area (Å²) in [5.41, 5.74) is 0.898. The van der Waals surface area contributed by atoms with Gasteiger partial charge in [-0.2, -0.15) is 0 Å². The van der Waals surface area contributed by atoms with Crippen molar-refractivity contribution in [1.82, 2.24) is 0 Å². The number of rotatable bonds is 6. The molecule has 1 saturated heterocycles. The molecule has 0 N–H and O–H groups in total. The van der Waals surface area contributed by atoms with Crippen LogP contribution in [-0.2, 0) is 10.2 Å². The van der Waals surface area contributed by atoms with Gasteiger partial charge in [-0.25, -0.2) is 4.39 Å². The van der Waals surface area contributed by atoms with Gasteiger partial charge >= 0.3 is 0 Å². The zero-order chi connectivity index (χ0) is 16.2. The molecule has 1 heterocycles. The van der Waals surface area contributed by atoms with Crippen molar-refractivity contribution in [3.05, 3.63) is 34.6 Å². The van der Waals surface area contributed by atoms with Gasteiger partial charge in [-0.15, -0.1) is 0 Å². The van der Waals surface area contributed by atoms with Crippen LogP contribution in [0.25, 0.3) is 0 Å². The Morgan fingerprint density at radius 3 is 2.64 bits per heavy atom. The Bertz CT molecular complexity index is 490. The standard InChI is InChI=1S/C17H25ClF2OSi/c1-13(21-2)4-3-7-17(8-10-22(20)11-9-17)14-5-6-15(18)16(19)12-14/h5-6,12-13,22H,3-4,7-11H2,1-2H3. The molecule has 0 aromatic heterocycles. The quantitative estimate of drug-likeness (QED) is 0.494. The largest absolute Gasteiger partial charge is 0.382 e. The highest BCUT2D eigenvalue weighted by atomic mass is 35.5. The van der Waals surface area contributed by atoms with Gasteiger partial charge in [-0.1, -0.05) is 24.1 Å². The van der Waals surface area contributed by atoms with Crippen LogP contribution in [0.5, 0.6) is 0 Å². The second-order valence-electron chi connectivity index (χ2n) is 6.52. The van der Waals surface area contributed by atoms with E-state index in [2.05, 4.69) is 6.92 Å². The molecule has 1 aromatic carbocycles. The molecule has 1 aliphatic heterocycles. The van der Waals surface area contributed by atoms with Gasteiger partial charge in [0.05, 0.1) is 11.1 Å². The summed E-state index contributed by atoms with van der Waals surface area (Å²) in [7, 11) is -0.309. The van der Waals surface area contributed by atoms with Crippen molar-refractivity contribution in [3.8, 4) is 0 Å². The van der Waals surface area contributed by atoms with E-state index in [4.69, 9.17) is 16.3 Å². The van der Waals surface area contributed by atoms with Gasteiger partial charge in [0, 0.05) is 7.11 Å². The maximum atomic E-state index is 13.9. The summed E-state index contributed by atoms with van der Waals surface area (Å²) in [5.74, 6) is -0.372. The molecule has 0 aliphatic carbocycles. The summed E-state index contributed by atoms with van der Waals surface area (Å²) in [6.07, 6.45) is 4.85. The van der Waals surface area contributed by atoms with Crippen LogP contribution in [0, 0.1) is 5.82 Å². The lowest BCUT2D eigenvalue weighted by Crippen LogP contribution is -2.33. The van der Waals surface area contributed by atoms with Crippen LogP contribution in [0.15, 0.2) is 18.2 Å². The molecule has 1 fully saturated rings. The normalized spacial score (nSPS) is 26.9. The molecular formula is C17H25ClF2OSi. The number of benzene rings is 1. The lowest BCUT2D eigenvalue weighted by Gasteiger charge is -2.39. The molecule has 1 nitrogen and oxygen atoms in total. The fourth-order valence-electron chi connectivity index (χ4n) is 3.49. The van der Waals surface area contributed by atoms with Gasteiger partial charge in [-0.05, 0) is 67.8 Å². The van der Waals surface area contributed by atoms with Crippen molar-refractivity contribution in [2.45, 2.75) is 62.6 Å².